The number of nitriles is 1. The van der Waals surface area contributed by atoms with Gasteiger partial charge >= 0.3 is 0 Å². The number of benzene rings is 1. The Labute approximate surface area is 190 Å². The van der Waals surface area contributed by atoms with Gasteiger partial charge in [0.15, 0.2) is 0 Å². The van der Waals surface area contributed by atoms with Crippen molar-refractivity contribution in [3.05, 3.63) is 32.8 Å². The molecule has 31 heavy (non-hydrogen) atoms. The molecule has 0 saturated carbocycles. The van der Waals surface area contributed by atoms with Crippen LogP contribution in [0.4, 0.5) is 11.4 Å². The number of halogens is 1. The topological polar surface area (TPSA) is 97.9 Å². The Morgan fingerprint density at radius 2 is 1.94 bits per heavy atom. The molecule has 1 fully saturated rings. The first kappa shape index (κ1) is 25.6. The number of hydrogen-bond donors (Lipinski definition) is 0. The summed E-state index contributed by atoms with van der Waals surface area (Å²) in [6, 6.07) is 5.79. The monoisotopic (exact) mass is 469 g/mol. The lowest BCUT2D eigenvalue weighted by Gasteiger charge is -2.37. The Hall–Kier alpha value is -1.70. The van der Waals surface area contributed by atoms with Crippen LogP contribution in [0.15, 0.2) is 12.1 Å². The van der Waals surface area contributed by atoms with Crippen LogP contribution < -0.4 is 4.90 Å². The number of nitrogens with zero attached hydrogens (tertiary/aromatic N) is 3. The van der Waals surface area contributed by atoms with Crippen LogP contribution >= 0.6 is 11.6 Å². The zero-order valence-corrected chi connectivity index (χ0v) is 20.3. The van der Waals surface area contributed by atoms with Gasteiger partial charge < -0.3 is 19.1 Å². The molecule has 8 nitrogen and oxygen atoms in total. The number of hydrogen-bond acceptors (Lipinski definition) is 7. The van der Waals surface area contributed by atoms with Gasteiger partial charge in [-0.25, -0.2) is 0 Å². The van der Waals surface area contributed by atoms with E-state index in [0.29, 0.717) is 32.1 Å². The molecule has 172 valence electrons. The van der Waals surface area contributed by atoms with Crippen LogP contribution in [0.1, 0.15) is 24.8 Å². The second-order valence-corrected chi connectivity index (χ2v) is 14.9. The van der Waals surface area contributed by atoms with Crippen molar-refractivity contribution >= 4 is 31.0 Å². The molecule has 1 aromatic carbocycles. The van der Waals surface area contributed by atoms with Crippen LogP contribution in [0.25, 0.3) is 0 Å². The second kappa shape index (κ2) is 12.4. The summed E-state index contributed by atoms with van der Waals surface area (Å²) in [7, 11) is -1.09. The van der Waals surface area contributed by atoms with Crippen LogP contribution in [0.2, 0.25) is 30.7 Å². The summed E-state index contributed by atoms with van der Waals surface area (Å²) in [5.41, 5.74) is 0.437. The third-order valence-corrected chi connectivity index (χ3v) is 7.18. The number of piperidine rings is 1. The van der Waals surface area contributed by atoms with E-state index >= 15 is 0 Å². The Bertz CT molecular complexity index is 782. The molecule has 0 aliphatic carbocycles. The molecule has 0 radical (unpaired) electrons. The molecular formula is C21H32ClN3O5Si. The van der Waals surface area contributed by atoms with E-state index in [1.807, 2.05) is 11.0 Å². The highest BCUT2D eigenvalue weighted by atomic mass is 35.5. The Morgan fingerprint density at radius 1 is 1.23 bits per heavy atom. The molecule has 1 atom stereocenters. The van der Waals surface area contributed by atoms with Crippen molar-refractivity contribution in [1.82, 2.24) is 0 Å². The maximum absolute atomic E-state index is 11.6. The van der Waals surface area contributed by atoms with Crippen LogP contribution in [-0.2, 0) is 14.2 Å². The molecule has 1 aromatic rings. The lowest BCUT2D eigenvalue weighted by molar-refractivity contribution is -0.384. The fourth-order valence-electron chi connectivity index (χ4n) is 3.40. The Kier molecular flexibility index (Phi) is 10.2. The van der Waals surface area contributed by atoms with Gasteiger partial charge in [0, 0.05) is 27.3 Å². The minimum atomic E-state index is -1.09. The summed E-state index contributed by atoms with van der Waals surface area (Å²) in [6.07, 6.45) is 2.84. The minimum Gasteiger partial charge on any atom is -0.377 e. The molecule has 0 N–H and O–H groups in total. The SMILES string of the molecule is C[Si](C)(C)CCOCOCCOC[C@@H]1CCCCN1c1cc(Cl)c(C#N)cc1[N+](=O)[O-]. The Balaban J connectivity index is 1.85. The molecule has 1 saturated heterocycles. The molecule has 0 amide bonds. The van der Waals surface area contributed by atoms with Crippen molar-refractivity contribution in [2.45, 2.75) is 51.0 Å². The van der Waals surface area contributed by atoms with E-state index in [2.05, 4.69) is 19.6 Å². The van der Waals surface area contributed by atoms with E-state index in [1.54, 1.807) is 0 Å². The van der Waals surface area contributed by atoms with Gasteiger partial charge in [-0.1, -0.05) is 31.2 Å². The number of ether oxygens (including phenoxy) is 3. The second-order valence-electron chi connectivity index (χ2n) is 8.85. The fourth-order valence-corrected chi connectivity index (χ4v) is 4.35. The van der Waals surface area contributed by atoms with Crippen LogP contribution in [0.3, 0.4) is 0 Å². The summed E-state index contributed by atoms with van der Waals surface area (Å²) in [6.45, 7) is 9.88. The predicted octanol–water partition coefficient (Wildman–Crippen LogP) is 4.82. The fraction of sp³-hybridized carbons (Fsp3) is 0.667. The van der Waals surface area contributed by atoms with Crippen LogP contribution in [0, 0.1) is 21.4 Å². The molecule has 2 rings (SSSR count). The molecular weight excluding hydrogens is 438 g/mol. The van der Waals surface area contributed by atoms with Crippen molar-refractivity contribution in [3.63, 3.8) is 0 Å². The molecule has 0 spiro atoms. The summed E-state index contributed by atoms with van der Waals surface area (Å²) >= 11 is 6.17. The van der Waals surface area contributed by atoms with Crippen molar-refractivity contribution in [1.29, 1.82) is 5.26 Å². The van der Waals surface area contributed by atoms with Crippen molar-refractivity contribution in [2.75, 3.05) is 44.7 Å². The van der Waals surface area contributed by atoms with Crippen molar-refractivity contribution in [2.24, 2.45) is 0 Å². The maximum atomic E-state index is 11.6. The van der Waals surface area contributed by atoms with Gasteiger partial charge in [0.05, 0.1) is 41.4 Å². The zero-order chi connectivity index (χ0) is 22.9. The largest absolute Gasteiger partial charge is 0.377 e. The highest BCUT2D eigenvalue weighted by Crippen LogP contribution is 2.37. The van der Waals surface area contributed by atoms with Crippen LogP contribution in [-0.4, -0.2) is 58.8 Å². The number of anilines is 1. The van der Waals surface area contributed by atoms with Gasteiger partial charge in [-0.3, -0.25) is 10.1 Å². The van der Waals surface area contributed by atoms with Gasteiger partial charge in [-0.15, -0.1) is 0 Å². The normalized spacial score (nSPS) is 16.9. The van der Waals surface area contributed by atoms with Crippen molar-refractivity contribution < 1.29 is 19.1 Å². The summed E-state index contributed by atoms with van der Waals surface area (Å²) in [4.78, 5) is 13.1. The van der Waals surface area contributed by atoms with E-state index < -0.39 is 13.0 Å². The van der Waals surface area contributed by atoms with E-state index in [0.717, 1.165) is 31.9 Å². The van der Waals surface area contributed by atoms with Crippen molar-refractivity contribution in [3.8, 4) is 6.07 Å². The lowest BCUT2D eigenvalue weighted by atomic mass is 10.0. The smallest absolute Gasteiger partial charge is 0.293 e. The number of rotatable bonds is 12. The molecule has 0 bridgehead atoms. The standard InChI is InChI=1S/C21H32ClN3O5Si/c1-31(2,3)11-10-30-16-29-9-8-28-15-18-6-4-5-7-24(18)20-13-19(22)17(14-23)12-21(20)25(26)27/h12-13,18H,4-11,15-16H2,1-3H3/t18-/m0/s1. The van der Waals surface area contributed by atoms with E-state index in [1.165, 1.54) is 12.1 Å². The van der Waals surface area contributed by atoms with Gasteiger partial charge in [0.2, 0.25) is 0 Å². The first-order chi connectivity index (χ1) is 14.7. The maximum Gasteiger partial charge on any atom is 0.293 e. The van der Waals surface area contributed by atoms with E-state index in [-0.39, 0.29) is 29.1 Å². The highest BCUT2D eigenvalue weighted by Gasteiger charge is 2.29. The lowest BCUT2D eigenvalue weighted by Crippen LogP contribution is -2.43. The third kappa shape index (κ3) is 8.39. The minimum absolute atomic E-state index is 0.00412. The van der Waals surface area contributed by atoms with Gasteiger partial charge in [0.1, 0.15) is 18.5 Å². The predicted molar refractivity (Wildman–Crippen MR) is 124 cm³/mol. The quantitative estimate of drug-likeness (QED) is 0.142. The Morgan fingerprint density at radius 3 is 2.61 bits per heavy atom. The first-order valence-corrected chi connectivity index (χ1v) is 14.7. The van der Waals surface area contributed by atoms with E-state index in [4.69, 9.17) is 31.1 Å². The average molecular weight is 470 g/mol. The molecule has 0 aromatic heterocycles. The average Bonchev–Trinajstić information content (AvgIpc) is 2.71. The van der Waals surface area contributed by atoms with Gasteiger partial charge in [-0.2, -0.15) is 5.26 Å². The molecule has 1 aliphatic rings. The number of nitro benzene ring substituents is 1. The molecule has 10 heteroatoms. The summed E-state index contributed by atoms with van der Waals surface area (Å²) in [5.74, 6) is 0. The summed E-state index contributed by atoms with van der Waals surface area (Å²) < 4.78 is 16.7. The first-order valence-electron chi connectivity index (χ1n) is 10.6. The van der Waals surface area contributed by atoms with E-state index in [9.17, 15) is 10.1 Å². The van der Waals surface area contributed by atoms with Crippen LogP contribution in [0.5, 0.6) is 0 Å². The molecule has 1 heterocycles. The summed E-state index contributed by atoms with van der Waals surface area (Å²) in [5, 5.41) is 20.9. The molecule has 1 aliphatic heterocycles. The van der Waals surface area contributed by atoms with Gasteiger partial charge in [0.25, 0.3) is 5.69 Å². The third-order valence-electron chi connectivity index (χ3n) is 5.16. The highest BCUT2D eigenvalue weighted by molar-refractivity contribution is 6.76. The zero-order valence-electron chi connectivity index (χ0n) is 18.6. The number of nitro groups is 1. The molecule has 0 unspecified atom stereocenters. The van der Waals surface area contributed by atoms with Gasteiger partial charge in [-0.05, 0) is 31.4 Å².